The van der Waals surface area contributed by atoms with E-state index >= 15 is 0 Å². The van der Waals surface area contributed by atoms with Crippen molar-refractivity contribution < 1.29 is 0 Å². The van der Waals surface area contributed by atoms with Crippen LogP contribution in [0.2, 0.25) is 0 Å². The van der Waals surface area contributed by atoms with Crippen molar-refractivity contribution in [2.45, 2.75) is 70.8 Å². The van der Waals surface area contributed by atoms with E-state index in [2.05, 4.69) is 30.7 Å². The number of likely N-dealkylation sites (tertiary alicyclic amines) is 1. The van der Waals surface area contributed by atoms with E-state index in [9.17, 15) is 0 Å². The molecule has 3 nitrogen and oxygen atoms in total. The van der Waals surface area contributed by atoms with Crippen LogP contribution in [0.15, 0.2) is 0 Å². The summed E-state index contributed by atoms with van der Waals surface area (Å²) in [5.74, 6) is 0. The highest BCUT2D eigenvalue weighted by atomic mass is 15.2. The molecule has 0 bridgehead atoms. The van der Waals surface area contributed by atoms with Crippen LogP contribution < -0.4 is 5.73 Å². The van der Waals surface area contributed by atoms with Gasteiger partial charge in [0.25, 0.3) is 0 Å². The summed E-state index contributed by atoms with van der Waals surface area (Å²) in [6.45, 7) is 10.4. The van der Waals surface area contributed by atoms with Gasteiger partial charge in [-0.3, -0.25) is 4.90 Å². The van der Waals surface area contributed by atoms with Gasteiger partial charge in [0, 0.05) is 25.2 Å². The number of hydrogen-bond donors (Lipinski definition) is 1. The van der Waals surface area contributed by atoms with E-state index in [1.165, 1.54) is 71.0 Å². The standard InChI is InChI=1S/C17H37N3/c1-4-5-6-7-8-11-17(2,16-18)19(3)14-15-20-12-9-10-13-20/h4-16,18H2,1-3H3. The predicted octanol–water partition coefficient (Wildman–Crippen LogP) is 3.09. The fourth-order valence-electron chi connectivity index (χ4n) is 3.13. The second kappa shape index (κ2) is 9.75. The molecule has 1 aliphatic heterocycles. The third-order valence-electron chi connectivity index (χ3n) is 5.13. The summed E-state index contributed by atoms with van der Waals surface area (Å²) in [6.07, 6.45) is 10.8. The zero-order valence-corrected chi connectivity index (χ0v) is 14.2. The molecule has 0 aromatic heterocycles. The van der Waals surface area contributed by atoms with Crippen LogP contribution in [-0.4, -0.2) is 55.1 Å². The molecule has 1 unspecified atom stereocenters. The van der Waals surface area contributed by atoms with Gasteiger partial charge in [-0.05, 0) is 46.3 Å². The highest BCUT2D eigenvalue weighted by molar-refractivity contribution is 4.86. The Morgan fingerprint density at radius 2 is 1.75 bits per heavy atom. The molecule has 0 aromatic carbocycles. The lowest BCUT2D eigenvalue weighted by Crippen LogP contribution is -2.51. The van der Waals surface area contributed by atoms with Crippen LogP contribution in [0, 0.1) is 0 Å². The number of nitrogens with two attached hydrogens (primary N) is 1. The van der Waals surface area contributed by atoms with E-state index in [-0.39, 0.29) is 5.54 Å². The van der Waals surface area contributed by atoms with Crippen molar-refractivity contribution >= 4 is 0 Å². The quantitative estimate of drug-likeness (QED) is 0.591. The van der Waals surface area contributed by atoms with Crippen LogP contribution in [0.25, 0.3) is 0 Å². The van der Waals surface area contributed by atoms with Crippen molar-refractivity contribution in [2.75, 3.05) is 39.8 Å². The smallest absolute Gasteiger partial charge is 0.0301 e. The fraction of sp³-hybridized carbons (Fsp3) is 1.00. The van der Waals surface area contributed by atoms with Gasteiger partial charge in [-0.25, -0.2) is 0 Å². The first-order valence-electron chi connectivity index (χ1n) is 8.76. The molecule has 120 valence electrons. The van der Waals surface area contributed by atoms with E-state index in [1.54, 1.807) is 0 Å². The summed E-state index contributed by atoms with van der Waals surface area (Å²) >= 11 is 0. The third-order valence-corrected chi connectivity index (χ3v) is 5.13. The highest BCUT2D eigenvalue weighted by Gasteiger charge is 2.27. The molecular weight excluding hydrogens is 246 g/mol. The van der Waals surface area contributed by atoms with Crippen LogP contribution in [0.3, 0.4) is 0 Å². The lowest BCUT2D eigenvalue weighted by Gasteiger charge is -2.39. The molecule has 0 saturated carbocycles. The topological polar surface area (TPSA) is 32.5 Å². The number of unbranched alkanes of at least 4 members (excludes halogenated alkanes) is 4. The van der Waals surface area contributed by atoms with Crippen molar-refractivity contribution in [1.29, 1.82) is 0 Å². The van der Waals surface area contributed by atoms with Crippen molar-refractivity contribution in [1.82, 2.24) is 9.80 Å². The minimum absolute atomic E-state index is 0.186. The predicted molar refractivity (Wildman–Crippen MR) is 89.1 cm³/mol. The van der Waals surface area contributed by atoms with Crippen molar-refractivity contribution in [3.8, 4) is 0 Å². The van der Waals surface area contributed by atoms with E-state index in [0.29, 0.717) is 0 Å². The Balaban J connectivity index is 2.25. The van der Waals surface area contributed by atoms with Gasteiger partial charge in [-0.1, -0.05) is 39.0 Å². The SMILES string of the molecule is CCCCCCCC(C)(CN)N(C)CCN1CCCC1. The zero-order chi connectivity index (χ0) is 14.8. The Morgan fingerprint density at radius 3 is 2.35 bits per heavy atom. The Labute approximate surface area is 126 Å². The third kappa shape index (κ3) is 6.11. The van der Waals surface area contributed by atoms with Gasteiger partial charge in [-0.15, -0.1) is 0 Å². The van der Waals surface area contributed by atoms with E-state index in [4.69, 9.17) is 5.73 Å². The molecule has 1 heterocycles. The average molecular weight is 284 g/mol. The Kier molecular flexibility index (Phi) is 8.74. The summed E-state index contributed by atoms with van der Waals surface area (Å²) in [6, 6.07) is 0. The monoisotopic (exact) mass is 283 g/mol. The normalized spacial score (nSPS) is 19.6. The molecule has 1 aliphatic rings. The van der Waals surface area contributed by atoms with Crippen LogP contribution in [0.1, 0.15) is 65.2 Å². The van der Waals surface area contributed by atoms with E-state index < -0.39 is 0 Å². The van der Waals surface area contributed by atoms with Gasteiger partial charge in [-0.2, -0.15) is 0 Å². The molecular formula is C17H37N3. The Morgan fingerprint density at radius 1 is 1.10 bits per heavy atom. The lowest BCUT2D eigenvalue weighted by molar-refractivity contribution is 0.116. The summed E-state index contributed by atoms with van der Waals surface area (Å²) in [5.41, 5.74) is 6.26. The molecule has 1 fully saturated rings. The fourth-order valence-corrected chi connectivity index (χ4v) is 3.13. The minimum Gasteiger partial charge on any atom is -0.329 e. The molecule has 0 radical (unpaired) electrons. The zero-order valence-electron chi connectivity index (χ0n) is 14.2. The van der Waals surface area contributed by atoms with Crippen molar-refractivity contribution in [3.63, 3.8) is 0 Å². The molecule has 0 aliphatic carbocycles. The number of nitrogens with zero attached hydrogens (tertiary/aromatic N) is 2. The Hall–Kier alpha value is -0.120. The molecule has 1 atom stereocenters. The van der Waals surface area contributed by atoms with Crippen LogP contribution >= 0.6 is 0 Å². The van der Waals surface area contributed by atoms with Crippen LogP contribution in [0.4, 0.5) is 0 Å². The molecule has 1 rings (SSSR count). The van der Waals surface area contributed by atoms with Crippen molar-refractivity contribution in [3.05, 3.63) is 0 Å². The summed E-state index contributed by atoms with van der Waals surface area (Å²) in [7, 11) is 2.26. The second-order valence-corrected chi connectivity index (χ2v) is 6.84. The maximum atomic E-state index is 6.08. The summed E-state index contributed by atoms with van der Waals surface area (Å²) in [4.78, 5) is 5.10. The van der Waals surface area contributed by atoms with E-state index in [0.717, 1.165) is 13.1 Å². The van der Waals surface area contributed by atoms with Crippen LogP contribution in [0.5, 0.6) is 0 Å². The first-order valence-corrected chi connectivity index (χ1v) is 8.76. The maximum Gasteiger partial charge on any atom is 0.0301 e. The molecule has 1 saturated heterocycles. The van der Waals surface area contributed by atoms with Crippen molar-refractivity contribution in [2.24, 2.45) is 5.73 Å². The summed E-state index contributed by atoms with van der Waals surface area (Å²) in [5, 5.41) is 0. The minimum atomic E-state index is 0.186. The molecule has 20 heavy (non-hydrogen) atoms. The van der Waals surface area contributed by atoms with Gasteiger partial charge < -0.3 is 10.6 Å². The Bertz CT molecular complexity index is 238. The highest BCUT2D eigenvalue weighted by Crippen LogP contribution is 2.21. The van der Waals surface area contributed by atoms with Gasteiger partial charge in [0.2, 0.25) is 0 Å². The first-order chi connectivity index (χ1) is 9.62. The van der Waals surface area contributed by atoms with Crippen LogP contribution in [-0.2, 0) is 0 Å². The molecule has 0 amide bonds. The second-order valence-electron chi connectivity index (χ2n) is 6.84. The lowest BCUT2D eigenvalue weighted by atomic mass is 9.92. The van der Waals surface area contributed by atoms with Gasteiger partial charge in [0.05, 0.1) is 0 Å². The van der Waals surface area contributed by atoms with E-state index in [1.807, 2.05) is 0 Å². The van der Waals surface area contributed by atoms with Gasteiger partial charge in [0.1, 0.15) is 0 Å². The van der Waals surface area contributed by atoms with Gasteiger partial charge >= 0.3 is 0 Å². The number of likely N-dealkylation sites (N-methyl/N-ethyl adjacent to an activating group) is 1. The van der Waals surface area contributed by atoms with Gasteiger partial charge in [0.15, 0.2) is 0 Å². The molecule has 0 aromatic rings. The average Bonchev–Trinajstić information content (AvgIpc) is 2.97. The number of rotatable bonds is 11. The molecule has 2 N–H and O–H groups in total. The maximum absolute atomic E-state index is 6.08. The molecule has 3 heteroatoms. The molecule has 0 spiro atoms. The number of hydrogen-bond acceptors (Lipinski definition) is 3. The summed E-state index contributed by atoms with van der Waals surface area (Å²) < 4.78 is 0. The largest absolute Gasteiger partial charge is 0.329 e. The first kappa shape index (κ1) is 17.9.